The van der Waals surface area contributed by atoms with Crippen molar-refractivity contribution in [1.29, 1.82) is 0 Å². The SMILES string of the molecule is CC(C)(C)c1cc(NC(=O)O)cc(NC(=O)O)c1. The third kappa shape index (κ3) is 3.97. The average molecular weight is 252 g/mol. The molecular formula is C12H16N2O4. The molecule has 18 heavy (non-hydrogen) atoms. The molecule has 0 atom stereocenters. The van der Waals surface area contributed by atoms with Crippen molar-refractivity contribution >= 4 is 23.6 Å². The first kappa shape index (κ1) is 13.8. The highest BCUT2D eigenvalue weighted by Crippen LogP contribution is 2.28. The van der Waals surface area contributed by atoms with E-state index >= 15 is 0 Å². The van der Waals surface area contributed by atoms with Gasteiger partial charge in [-0.05, 0) is 29.2 Å². The number of carbonyl (C=O) groups is 2. The molecule has 0 heterocycles. The Morgan fingerprint density at radius 1 is 0.944 bits per heavy atom. The number of rotatable bonds is 2. The molecule has 1 aromatic carbocycles. The van der Waals surface area contributed by atoms with E-state index in [1.165, 1.54) is 6.07 Å². The Labute approximate surface area is 105 Å². The van der Waals surface area contributed by atoms with Gasteiger partial charge in [0, 0.05) is 11.4 Å². The van der Waals surface area contributed by atoms with Gasteiger partial charge in [-0.3, -0.25) is 10.6 Å². The summed E-state index contributed by atoms with van der Waals surface area (Å²) in [6.45, 7) is 5.87. The van der Waals surface area contributed by atoms with Gasteiger partial charge in [0.05, 0.1) is 0 Å². The Kier molecular flexibility index (Phi) is 3.80. The first-order chi connectivity index (χ1) is 8.18. The first-order valence-corrected chi connectivity index (χ1v) is 5.34. The van der Waals surface area contributed by atoms with Crippen molar-refractivity contribution in [3.05, 3.63) is 23.8 Å². The van der Waals surface area contributed by atoms with E-state index in [0.717, 1.165) is 5.56 Å². The predicted molar refractivity (Wildman–Crippen MR) is 68.4 cm³/mol. The van der Waals surface area contributed by atoms with Crippen LogP contribution < -0.4 is 10.6 Å². The number of carboxylic acid groups (broad SMARTS) is 2. The largest absolute Gasteiger partial charge is 0.465 e. The smallest absolute Gasteiger partial charge is 0.409 e. The molecule has 0 saturated carbocycles. The number of benzene rings is 1. The third-order valence-corrected chi connectivity index (χ3v) is 2.30. The molecule has 0 aliphatic heterocycles. The summed E-state index contributed by atoms with van der Waals surface area (Å²) in [4.78, 5) is 21.2. The zero-order valence-corrected chi connectivity index (χ0v) is 10.4. The maximum absolute atomic E-state index is 10.6. The van der Waals surface area contributed by atoms with Gasteiger partial charge in [-0.25, -0.2) is 9.59 Å². The normalized spacial score (nSPS) is 10.8. The molecule has 0 spiro atoms. The van der Waals surface area contributed by atoms with Crippen LogP contribution in [0.3, 0.4) is 0 Å². The van der Waals surface area contributed by atoms with E-state index in [1.807, 2.05) is 20.8 Å². The monoisotopic (exact) mass is 252 g/mol. The summed E-state index contributed by atoms with van der Waals surface area (Å²) in [6, 6.07) is 4.79. The van der Waals surface area contributed by atoms with Gasteiger partial charge in [0.1, 0.15) is 0 Å². The van der Waals surface area contributed by atoms with Crippen molar-refractivity contribution < 1.29 is 19.8 Å². The minimum atomic E-state index is -1.19. The number of amides is 2. The molecule has 1 rings (SSSR count). The highest BCUT2D eigenvalue weighted by atomic mass is 16.4. The second-order valence-electron chi connectivity index (χ2n) is 4.91. The Balaban J connectivity index is 3.19. The lowest BCUT2D eigenvalue weighted by Crippen LogP contribution is -2.15. The fourth-order valence-electron chi connectivity index (χ4n) is 1.45. The summed E-state index contributed by atoms with van der Waals surface area (Å²) < 4.78 is 0. The van der Waals surface area contributed by atoms with Crippen LogP contribution in [0.4, 0.5) is 21.0 Å². The fraction of sp³-hybridized carbons (Fsp3) is 0.333. The van der Waals surface area contributed by atoms with Gasteiger partial charge in [0.15, 0.2) is 0 Å². The predicted octanol–water partition coefficient (Wildman–Crippen LogP) is 3.16. The molecular weight excluding hydrogens is 236 g/mol. The highest BCUT2D eigenvalue weighted by molar-refractivity contribution is 5.87. The van der Waals surface area contributed by atoms with Crippen molar-refractivity contribution in [3.8, 4) is 0 Å². The summed E-state index contributed by atoms with van der Waals surface area (Å²) in [5.41, 5.74) is 1.28. The van der Waals surface area contributed by atoms with Crippen molar-refractivity contribution in [3.63, 3.8) is 0 Å². The zero-order valence-electron chi connectivity index (χ0n) is 10.4. The molecule has 0 radical (unpaired) electrons. The van der Waals surface area contributed by atoms with E-state index in [0.29, 0.717) is 11.4 Å². The van der Waals surface area contributed by atoms with E-state index in [1.54, 1.807) is 12.1 Å². The van der Waals surface area contributed by atoms with E-state index in [9.17, 15) is 9.59 Å². The van der Waals surface area contributed by atoms with Crippen LogP contribution in [0.2, 0.25) is 0 Å². The van der Waals surface area contributed by atoms with Gasteiger partial charge >= 0.3 is 12.2 Å². The Morgan fingerprint density at radius 2 is 1.33 bits per heavy atom. The Hall–Kier alpha value is -2.24. The van der Waals surface area contributed by atoms with Crippen LogP contribution in [0.1, 0.15) is 26.3 Å². The van der Waals surface area contributed by atoms with Crippen molar-refractivity contribution in [1.82, 2.24) is 0 Å². The molecule has 0 aliphatic rings. The van der Waals surface area contributed by atoms with Gasteiger partial charge in [-0.15, -0.1) is 0 Å². The minimum absolute atomic E-state index is 0.217. The van der Waals surface area contributed by atoms with Crippen LogP contribution in [0, 0.1) is 0 Å². The van der Waals surface area contributed by atoms with Gasteiger partial charge in [0.25, 0.3) is 0 Å². The maximum atomic E-state index is 10.6. The third-order valence-electron chi connectivity index (χ3n) is 2.30. The van der Waals surface area contributed by atoms with Crippen LogP contribution in [0.15, 0.2) is 18.2 Å². The fourth-order valence-corrected chi connectivity index (χ4v) is 1.45. The van der Waals surface area contributed by atoms with Gasteiger partial charge in [-0.1, -0.05) is 20.8 Å². The number of hydrogen-bond donors (Lipinski definition) is 4. The summed E-state index contributed by atoms with van der Waals surface area (Å²) in [6.07, 6.45) is -2.38. The van der Waals surface area contributed by atoms with Crippen molar-refractivity contribution in [2.45, 2.75) is 26.2 Å². The standard InChI is InChI=1S/C12H16N2O4/c1-12(2,3)7-4-8(13-10(15)16)6-9(5-7)14-11(17)18/h4-6,13-14H,1-3H3,(H,15,16)(H,17,18). The lowest BCUT2D eigenvalue weighted by molar-refractivity contribution is 0.208. The van der Waals surface area contributed by atoms with Gasteiger partial charge in [0.2, 0.25) is 0 Å². The van der Waals surface area contributed by atoms with Crippen LogP contribution >= 0.6 is 0 Å². The average Bonchev–Trinajstić information content (AvgIpc) is 2.13. The lowest BCUT2D eigenvalue weighted by Gasteiger charge is -2.21. The summed E-state index contributed by atoms with van der Waals surface area (Å²) in [5.74, 6) is 0. The Bertz CT molecular complexity index is 443. The zero-order chi connectivity index (χ0) is 13.9. The van der Waals surface area contributed by atoms with E-state index in [4.69, 9.17) is 10.2 Å². The molecule has 98 valence electrons. The topological polar surface area (TPSA) is 98.7 Å². The minimum Gasteiger partial charge on any atom is -0.465 e. The van der Waals surface area contributed by atoms with Crippen molar-refractivity contribution in [2.24, 2.45) is 0 Å². The Morgan fingerprint density at radius 3 is 1.61 bits per heavy atom. The number of anilines is 2. The molecule has 2 amide bonds. The molecule has 0 bridgehead atoms. The molecule has 0 saturated heterocycles. The van der Waals surface area contributed by atoms with E-state index in [2.05, 4.69) is 10.6 Å². The molecule has 6 heteroatoms. The van der Waals surface area contributed by atoms with Gasteiger partial charge < -0.3 is 10.2 Å². The quantitative estimate of drug-likeness (QED) is 0.649. The summed E-state index contributed by atoms with van der Waals surface area (Å²) in [7, 11) is 0. The highest BCUT2D eigenvalue weighted by Gasteiger charge is 2.16. The first-order valence-electron chi connectivity index (χ1n) is 5.34. The van der Waals surface area contributed by atoms with Crippen LogP contribution in [-0.4, -0.2) is 22.4 Å². The maximum Gasteiger partial charge on any atom is 0.409 e. The lowest BCUT2D eigenvalue weighted by atomic mass is 9.86. The number of nitrogens with one attached hydrogen (secondary N) is 2. The van der Waals surface area contributed by atoms with Crippen molar-refractivity contribution in [2.75, 3.05) is 10.6 Å². The molecule has 0 unspecified atom stereocenters. The van der Waals surface area contributed by atoms with Crippen LogP contribution in [0.25, 0.3) is 0 Å². The van der Waals surface area contributed by atoms with Crippen LogP contribution in [0.5, 0.6) is 0 Å². The van der Waals surface area contributed by atoms with E-state index < -0.39 is 12.2 Å². The molecule has 0 aliphatic carbocycles. The van der Waals surface area contributed by atoms with Crippen LogP contribution in [-0.2, 0) is 5.41 Å². The summed E-state index contributed by atoms with van der Waals surface area (Å²) in [5, 5.41) is 21.8. The van der Waals surface area contributed by atoms with E-state index in [-0.39, 0.29) is 5.41 Å². The molecule has 4 N–H and O–H groups in total. The second kappa shape index (κ2) is 4.95. The molecule has 0 aromatic heterocycles. The number of hydrogen-bond acceptors (Lipinski definition) is 2. The molecule has 6 nitrogen and oxygen atoms in total. The summed E-state index contributed by atoms with van der Waals surface area (Å²) >= 11 is 0. The molecule has 1 aromatic rings. The van der Waals surface area contributed by atoms with Gasteiger partial charge in [-0.2, -0.15) is 0 Å². The molecule has 0 fully saturated rings. The second-order valence-corrected chi connectivity index (χ2v) is 4.91.